The lowest BCUT2D eigenvalue weighted by molar-refractivity contribution is -0.147. The van der Waals surface area contributed by atoms with Gasteiger partial charge in [0.05, 0.1) is 55.3 Å². The fourth-order valence-electron chi connectivity index (χ4n) is 7.14. The van der Waals surface area contributed by atoms with Crippen molar-refractivity contribution in [2.24, 2.45) is 17.8 Å². The van der Waals surface area contributed by atoms with Crippen LogP contribution in [-0.2, 0) is 28.7 Å². The zero-order chi connectivity index (χ0) is 37.7. The maximum absolute atomic E-state index is 14.1. The first-order valence-electron chi connectivity index (χ1n) is 18.2. The molecule has 4 N–H and O–H groups in total. The van der Waals surface area contributed by atoms with Crippen LogP contribution in [0.1, 0.15) is 92.2 Å². The van der Waals surface area contributed by atoms with Crippen molar-refractivity contribution in [1.82, 2.24) is 25.8 Å². The van der Waals surface area contributed by atoms with Gasteiger partial charge in [-0.25, -0.2) is 0 Å². The van der Waals surface area contributed by atoms with Crippen LogP contribution in [-0.4, -0.2) is 116 Å². The van der Waals surface area contributed by atoms with Gasteiger partial charge >= 0.3 is 0 Å². The van der Waals surface area contributed by atoms with E-state index in [1.807, 2.05) is 71.9 Å². The highest BCUT2D eigenvalue weighted by atomic mass is 16.5. The predicted molar refractivity (Wildman–Crippen MR) is 195 cm³/mol. The van der Waals surface area contributed by atoms with E-state index in [0.29, 0.717) is 18.5 Å². The Hall–Kier alpha value is -3.06. The maximum Gasteiger partial charge on any atom is 0.245 e. The fraction of sp³-hybridized carbons (Fsp3) is 0.737. The zero-order valence-corrected chi connectivity index (χ0v) is 32.3. The summed E-state index contributed by atoms with van der Waals surface area (Å²) in [5, 5.41) is 19.6. The third kappa shape index (κ3) is 11.5. The van der Waals surface area contributed by atoms with Gasteiger partial charge in [-0.15, -0.1) is 0 Å². The van der Waals surface area contributed by atoms with Crippen LogP contribution in [0.2, 0.25) is 0 Å². The van der Waals surface area contributed by atoms with Gasteiger partial charge in [0.2, 0.25) is 23.6 Å². The molecule has 0 saturated carbocycles. The number of aliphatic hydroxyl groups is 1. The van der Waals surface area contributed by atoms with Crippen LogP contribution in [0, 0.1) is 17.8 Å². The monoisotopic (exact) mass is 703 g/mol. The van der Waals surface area contributed by atoms with Crippen molar-refractivity contribution >= 4 is 23.6 Å². The molecule has 0 bridgehead atoms. The number of benzene rings is 1. The third-order valence-electron chi connectivity index (χ3n) is 10.3. The van der Waals surface area contributed by atoms with Crippen molar-refractivity contribution in [3.8, 4) is 0 Å². The van der Waals surface area contributed by atoms with Crippen molar-refractivity contribution in [3.05, 3.63) is 35.9 Å². The second-order valence-electron chi connectivity index (χ2n) is 14.5. The topological polar surface area (TPSA) is 150 Å². The summed E-state index contributed by atoms with van der Waals surface area (Å²) in [6.45, 7) is 14.1. The molecule has 1 aromatic rings. The molecule has 1 fully saturated rings. The predicted octanol–water partition coefficient (Wildman–Crippen LogP) is 3.28. The number of carbonyl (C=O) groups excluding carboxylic acids is 4. The van der Waals surface area contributed by atoms with E-state index in [4.69, 9.17) is 9.47 Å². The summed E-state index contributed by atoms with van der Waals surface area (Å²) in [6.07, 6.45) is 0.256. The molecule has 1 saturated heterocycles. The van der Waals surface area contributed by atoms with Crippen LogP contribution in [0.3, 0.4) is 0 Å². The normalized spacial score (nSPS) is 19.6. The average Bonchev–Trinajstić information content (AvgIpc) is 3.58. The van der Waals surface area contributed by atoms with Crippen molar-refractivity contribution in [2.75, 3.05) is 34.9 Å². The first kappa shape index (κ1) is 43.1. The first-order chi connectivity index (χ1) is 23.6. The lowest BCUT2D eigenvalue weighted by Crippen LogP contribution is -2.59. The van der Waals surface area contributed by atoms with Gasteiger partial charge in [-0.1, -0.05) is 78.3 Å². The molecule has 0 aliphatic carbocycles. The Bertz CT molecular complexity index is 1220. The molecule has 4 amide bonds. The number of hydrogen-bond donors (Lipinski definition) is 4. The zero-order valence-electron chi connectivity index (χ0n) is 32.3. The lowest BCUT2D eigenvalue weighted by atomic mass is 9.89. The van der Waals surface area contributed by atoms with Gasteiger partial charge in [0.25, 0.3) is 0 Å². The minimum atomic E-state index is -0.863. The second kappa shape index (κ2) is 20.7. The molecule has 0 aromatic heterocycles. The molecule has 9 atom stereocenters. The number of likely N-dealkylation sites (tertiary alicyclic amines) is 1. The Labute approximate surface area is 300 Å². The SMILES string of the molecule is CC[C@H](C)[C@@H]([C@@H](CC(=O)N1CCC[C@H]1[C@@H](CC(=O)N[C@H](C)[C@@H](O)c1ccccc1)OC)OC)N(C)C(=O)[C@@H](NC(=O)[C@@H](NC)C(C)C)C(C)C. The molecule has 12 heteroatoms. The quantitative estimate of drug-likeness (QED) is 0.162. The Balaban J connectivity index is 2.19. The summed E-state index contributed by atoms with van der Waals surface area (Å²) in [5.41, 5.74) is 0.713. The van der Waals surface area contributed by atoms with Crippen LogP contribution in [0.4, 0.5) is 0 Å². The van der Waals surface area contributed by atoms with Gasteiger partial charge in [0, 0.05) is 27.8 Å². The van der Waals surface area contributed by atoms with Crippen LogP contribution in [0.5, 0.6) is 0 Å². The minimum absolute atomic E-state index is 0.0102. The van der Waals surface area contributed by atoms with Gasteiger partial charge in [0.1, 0.15) is 6.04 Å². The Morgan fingerprint density at radius 1 is 0.940 bits per heavy atom. The lowest BCUT2D eigenvalue weighted by Gasteiger charge is -2.40. The Morgan fingerprint density at radius 2 is 1.56 bits per heavy atom. The summed E-state index contributed by atoms with van der Waals surface area (Å²) < 4.78 is 11.8. The van der Waals surface area contributed by atoms with E-state index in [9.17, 15) is 24.3 Å². The first-order valence-corrected chi connectivity index (χ1v) is 18.2. The summed E-state index contributed by atoms with van der Waals surface area (Å²) in [4.78, 5) is 57.8. The minimum Gasteiger partial charge on any atom is -0.386 e. The van der Waals surface area contributed by atoms with Crippen LogP contribution < -0.4 is 16.0 Å². The van der Waals surface area contributed by atoms with Gasteiger partial charge in [-0.2, -0.15) is 0 Å². The molecule has 1 heterocycles. The maximum atomic E-state index is 14.1. The van der Waals surface area contributed by atoms with Gasteiger partial charge < -0.3 is 40.3 Å². The number of methoxy groups -OCH3 is 2. The molecule has 12 nitrogen and oxygen atoms in total. The molecule has 1 aromatic carbocycles. The number of nitrogens with zero attached hydrogens (tertiary/aromatic N) is 2. The summed E-state index contributed by atoms with van der Waals surface area (Å²) in [6, 6.07) is 6.70. The van der Waals surface area contributed by atoms with Crippen LogP contribution in [0.25, 0.3) is 0 Å². The Morgan fingerprint density at radius 3 is 2.08 bits per heavy atom. The molecule has 50 heavy (non-hydrogen) atoms. The van der Waals surface area contributed by atoms with Crippen molar-refractivity contribution < 1.29 is 33.8 Å². The summed E-state index contributed by atoms with van der Waals surface area (Å²) in [7, 11) is 6.56. The summed E-state index contributed by atoms with van der Waals surface area (Å²) >= 11 is 0. The van der Waals surface area contributed by atoms with Gasteiger partial charge in [-0.05, 0) is 50.1 Å². The molecule has 2 rings (SSSR count). The number of amides is 4. The van der Waals surface area contributed by atoms with Gasteiger partial charge in [0.15, 0.2) is 0 Å². The van der Waals surface area contributed by atoms with E-state index in [-0.39, 0.29) is 60.3 Å². The molecule has 0 spiro atoms. The second-order valence-corrected chi connectivity index (χ2v) is 14.5. The largest absolute Gasteiger partial charge is 0.386 e. The van der Waals surface area contributed by atoms with E-state index in [1.165, 1.54) is 0 Å². The van der Waals surface area contributed by atoms with E-state index in [0.717, 1.165) is 12.8 Å². The number of ether oxygens (including phenoxy) is 2. The van der Waals surface area contributed by atoms with Crippen LogP contribution >= 0.6 is 0 Å². The molecule has 0 radical (unpaired) electrons. The van der Waals surface area contributed by atoms with Crippen LogP contribution in [0.15, 0.2) is 30.3 Å². The van der Waals surface area contributed by atoms with Gasteiger partial charge in [-0.3, -0.25) is 19.2 Å². The average molecular weight is 704 g/mol. The molecular formula is C38H65N5O7. The fourth-order valence-corrected chi connectivity index (χ4v) is 7.14. The van der Waals surface area contributed by atoms with E-state index in [1.54, 1.807) is 45.0 Å². The number of nitrogens with one attached hydrogen (secondary N) is 3. The van der Waals surface area contributed by atoms with Crippen molar-refractivity contribution in [3.63, 3.8) is 0 Å². The smallest absolute Gasteiger partial charge is 0.245 e. The molecular weight excluding hydrogens is 638 g/mol. The number of likely N-dealkylation sites (N-methyl/N-ethyl adjacent to an activating group) is 2. The van der Waals surface area contributed by atoms with E-state index >= 15 is 0 Å². The Kier molecular flexibility index (Phi) is 17.9. The summed E-state index contributed by atoms with van der Waals surface area (Å²) in [5.74, 6) is -1.01. The highest BCUT2D eigenvalue weighted by molar-refractivity contribution is 5.90. The number of hydrogen-bond acceptors (Lipinski definition) is 8. The number of carbonyl (C=O) groups is 4. The van der Waals surface area contributed by atoms with E-state index in [2.05, 4.69) is 16.0 Å². The molecule has 284 valence electrons. The van der Waals surface area contributed by atoms with Crippen molar-refractivity contribution in [1.29, 1.82) is 0 Å². The molecule has 1 aliphatic heterocycles. The highest BCUT2D eigenvalue weighted by Crippen LogP contribution is 2.28. The standard InChI is InChI=1S/C38H65N5O7/c1-12-25(6)35(42(9)38(48)34(24(4)5)41-37(47)33(39-8)23(2)3)30(50-11)22-32(45)43-20-16-19-28(43)29(49-10)21-31(44)40-26(7)36(46)27-17-14-13-15-18-27/h13-15,17-18,23-26,28-30,33-36,39,46H,12,16,19-22H2,1-11H3,(H,40,44)(H,41,47)/t25-,26+,28-,29+,30+,33-,34-,35-,36+/m0/s1. The molecule has 0 unspecified atom stereocenters. The molecule has 1 aliphatic rings. The number of rotatable bonds is 20. The van der Waals surface area contributed by atoms with Crippen molar-refractivity contribution in [2.45, 2.75) is 129 Å². The number of aliphatic hydroxyl groups excluding tert-OH is 1. The van der Waals surface area contributed by atoms with E-state index < -0.39 is 42.5 Å². The third-order valence-corrected chi connectivity index (χ3v) is 10.3. The highest BCUT2D eigenvalue weighted by Gasteiger charge is 2.41.